The molecule has 0 aliphatic rings. The Morgan fingerprint density at radius 1 is 1.64 bits per heavy atom. The molecule has 0 saturated carbocycles. The Bertz CT molecular complexity index is 250. The number of aryl methyl sites for hydroxylation is 1. The van der Waals surface area contributed by atoms with Crippen molar-refractivity contribution in [1.82, 2.24) is 4.98 Å². The molecular weight excluding hydrogens is 153 g/mol. The van der Waals surface area contributed by atoms with Gasteiger partial charge in [-0.3, -0.25) is 0 Å². The zero-order chi connectivity index (χ0) is 7.56. The SMILES string of the molecule is Cc1ccc(C(=O)O)nc1.[H-].[Na+]. The van der Waals surface area contributed by atoms with E-state index >= 15 is 0 Å². The maximum Gasteiger partial charge on any atom is 1.00 e. The Kier molecular flexibility index (Phi) is 4.33. The van der Waals surface area contributed by atoms with Crippen molar-refractivity contribution in [2.45, 2.75) is 6.92 Å². The monoisotopic (exact) mass is 161 g/mol. The zero-order valence-corrected chi connectivity index (χ0v) is 8.53. The average Bonchev–Trinajstić information content (AvgIpc) is 1.88. The van der Waals surface area contributed by atoms with Crippen LogP contribution in [0.3, 0.4) is 0 Å². The molecule has 0 aromatic carbocycles. The number of hydrogen-bond acceptors (Lipinski definition) is 2. The molecule has 0 atom stereocenters. The van der Waals surface area contributed by atoms with Crippen LogP contribution in [0.25, 0.3) is 0 Å². The van der Waals surface area contributed by atoms with Gasteiger partial charge in [0, 0.05) is 6.20 Å². The fraction of sp³-hybridized carbons (Fsp3) is 0.143. The molecule has 1 N–H and O–H groups in total. The summed E-state index contributed by atoms with van der Waals surface area (Å²) >= 11 is 0. The summed E-state index contributed by atoms with van der Waals surface area (Å²) in [6.07, 6.45) is 1.53. The molecule has 0 aliphatic carbocycles. The molecule has 0 spiro atoms. The van der Waals surface area contributed by atoms with Gasteiger partial charge in [-0.2, -0.15) is 0 Å². The summed E-state index contributed by atoms with van der Waals surface area (Å²) in [4.78, 5) is 13.9. The van der Waals surface area contributed by atoms with Crippen LogP contribution >= 0.6 is 0 Å². The van der Waals surface area contributed by atoms with Crippen LogP contribution in [0.2, 0.25) is 0 Å². The molecule has 0 bridgehead atoms. The van der Waals surface area contributed by atoms with Crippen LogP contribution in [-0.4, -0.2) is 16.1 Å². The normalized spacial score (nSPS) is 8.45. The van der Waals surface area contributed by atoms with Crippen molar-refractivity contribution in [2.24, 2.45) is 0 Å². The zero-order valence-electron chi connectivity index (χ0n) is 7.53. The number of carboxylic acid groups (broad SMARTS) is 1. The maximum absolute atomic E-state index is 10.2. The molecule has 1 aromatic rings. The van der Waals surface area contributed by atoms with Gasteiger partial charge in [0.25, 0.3) is 0 Å². The van der Waals surface area contributed by atoms with Gasteiger partial charge in [0.1, 0.15) is 5.69 Å². The number of aromatic nitrogens is 1. The molecule has 0 fully saturated rings. The first-order valence-corrected chi connectivity index (χ1v) is 2.86. The minimum Gasteiger partial charge on any atom is -1.00 e. The Labute approximate surface area is 88.2 Å². The molecule has 54 valence electrons. The van der Waals surface area contributed by atoms with Crippen LogP contribution in [0.5, 0.6) is 0 Å². The van der Waals surface area contributed by atoms with Crippen molar-refractivity contribution in [3.8, 4) is 0 Å². The van der Waals surface area contributed by atoms with Gasteiger partial charge >= 0.3 is 35.5 Å². The third-order valence-electron chi connectivity index (χ3n) is 1.13. The van der Waals surface area contributed by atoms with E-state index in [0.29, 0.717) is 0 Å². The fourth-order valence-corrected chi connectivity index (χ4v) is 0.594. The smallest absolute Gasteiger partial charge is 1.00 e. The minimum atomic E-state index is -0.986. The molecule has 0 unspecified atom stereocenters. The van der Waals surface area contributed by atoms with Gasteiger partial charge in [-0.25, -0.2) is 9.78 Å². The molecule has 1 aromatic heterocycles. The van der Waals surface area contributed by atoms with Crippen molar-refractivity contribution in [3.05, 3.63) is 29.6 Å². The van der Waals surface area contributed by atoms with Gasteiger partial charge in [-0.15, -0.1) is 0 Å². The van der Waals surface area contributed by atoms with E-state index in [4.69, 9.17) is 5.11 Å². The third-order valence-corrected chi connectivity index (χ3v) is 1.13. The molecule has 0 radical (unpaired) electrons. The second kappa shape index (κ2) is 4.49. The minimum absolute atomic E-state index is 0. The summed E-state index contributed by atoms with van der Waals surface area (Å²) in [5.41, 5.74) is 1.05. The number of hydrogen-bond donors (Lipinski definition) is 1. The molecule has 3 nitrogen and oxygen atoms in total. The summed E-state index contributed by atoms with van der Waals surface area (Å²) in [6, 6.07) is 3.20. The first kappa shape index (κ1) is 10.6. The van der Waals surface area contributed by atoms with Crippen molar-refractivity contribution < 1.29 is 40.9 Å². The van der Waals surface area contributed by atoms with Gasteiger partial charge in [0.15, 0.2) is 0 Å². The van der Waals surface area contributed by atoms with Crippen molar-refractivity contribution in [1.29, 1.82) is 0 Å². The summed E-state index contributed by atoms with van der Waals surface area (Å²) < 4.78 is 0. The summed E-state index contributed by atoms with van der Waals surface area (Å²) in [5, 5.41) is 8.41. The van der Waals surface area contributed by atoms with E-state index in [0.717, 1.165) is 5.56 Å². The topological polar surface area (TPSA) is 50.2 Å². The molecule has 1 heterocycles. The van der Waals surface area contributed by atoms with E-state index in [1.54, 1.807) is 6.07 Å². The molecule has 11 heavy (non-hydrogen) atoms. The van der Waals surface area contributed by atoms with Gasteiger partial charge in [0.05, 0.1) is 0 Å². The van der Waals surface area contributed by atoms with Crippen LogP contribution in [0, 0.1) is 6.92 Å². The summed E-state index contributed by atoms with van der Waals surface area (Å²) in [6.45, 7) is 1.86. The predicted octanol–water partition coefficient (Wildman–Crippen LogP) is -1.80. The van der Waals surface area contributed by atoms with Crippen LogP contribution in [0.4, 0.5) is 0 Å². The molecule has 0 aliphatic heterocycles. The van der Waals surface area contributed by atoms with Crippen LogP contribution in [0.1, 0.15) is 17.5 Å². The van der Waals surface area contributed by atoms with Crippen molar-refractivity contribution in [3.63, 3.8) is 0 Å². The molecule has 4 heteroatoms. The number of rotatable bonds is 1. The van der Waals surface area contributed by atoms with E-state index in [1.807, 2.05) is 6.92 Å². The van der Waals surface area contributed by atoms with E-state index < -0.39 is 5.97 Å². The summed E-state index contributed by atoms with van der Waals surface area (Å²) in [7, 11) is 0. The van der Waals surface area contributed by atoms with E-state index in [1.165, 1.54) is 12.3 Å². The van der Waals surface area contributed by atoms with Gasteiger partial charge < -0.3 is 6.53 Å². The molecule has 1 rings (SSSR count). The van der Waals surface area contributed by atoms with E-state index in [9.17, 15) is 4.79 Å². The van der Waals surface area contributed by atoms with Crippen LogP contribution in [0.15, 0.2) is 18.3 Å². The van der Waals surface area contributed by atoms with Crippen LogP contribution in [-0.2, 0) is 0 Å². The molecule has 0 amide bonds. The van der Waals surface area contributed by atoms with E-state index in [2.05, 4.69) is 4.98 Å². The second-order valence-electron chi connectivity index (χ2n) is 2.03. The second-order valence-corrected chi connectivity index (χ2v) is 2.03. The fourth-order valence-electron chi connectivity index (χ4n) is 0.594. The number of aromatic carboxylic acids is 1. The number of nitrogens with zero attached hydrogens (tertiary/aromatic N) is 1. The predicted molar refractivity (Wildman–Crippen MR) is 37.0 cm³/mol. The first-order chi connectivity index (χ1) is 4.70. The first-order valence-electron chi connectivity index (χ1n) is 2.86. The Balaban J connectivity index is 0. The quantitative estimate of drug-likeness (QED) is 0.495. The maximum atomic E-state index is 10.2. The third kappa shape index (κ3) is 3.01. The average molecular weight is 161 g/mol. The van der Waals surface area contributed by atoms with E-state index in [-0.39, 0.29) is 36.7 Å². The molecular formula is C7H8NNaO2. The van der Waals surface area contributed by atoms with Gasteiger partial charge in [-0.05, 0) is 18.6 Å². The Hall–Kier alpha value is -0.380. The van der Waals surface area contributed by atoms with Crippen molar-refractivity contribution >= 4 is 5.97 Å². The number of carboxylic acids is 1. The van der Waals surface area contributed by atoms with Crippen LogP contribution < -0.4 is 29.6 Å². The number of pyridine rings is 1. The standard InChI is InChI=1S/C7H7NO2.Na.H/c1-5-2-3-6(7(9)10)8-4-5;;/h2-4H,1H3,(H,9,10);;/q;+1;-1. The molecule has 0 saturated heterocycles. The van der Waals surface area contributed by atoms with Gasteiger partial charge in [0.2, 0.25) is 0 Å². The summed E-state index contributed by atoms with van der Waals surface area (Å²) in [5.74, 6) is -0.986. The number of carbonyl (C=O) groups is 1. The van der Waals surface area contributed by atoms with Crippen molar-refractivity contribution in [2.75, 3.05) is 0 Å². The Morgan fingerprint density at radius 3 is 2.64 bits per heavy atom. The largest absolute Gasteiger partial charge is 1.00 e. The van der Waals surface area contributed by atoms with Gasteiger partial charge in [-0.1, -0.05) is 6.07 Å². The Morgan fingerprint density at radius 2 is 2.27 bits per heavy atom.